The highest BCUT2D eigenvalue weighted by Gasteiger charge is 2.26. The summed E-state index contributed by atoms with van der Waals surface area (Å²) in [6, 6.07) is 11.1. The van der Waals surface area contributed by atoms with Crippen LogP contribution in [0.5, 0.6) is 0 Å². The van der Waals surface area contributed by atoms with Crippen LogP contribution in [0, 0.1) is 5.82 Å². The second-order valence-corrected chi connectivity index (χ2v) is 8.78. The van der Waals surface area contributed by atoms with E-state index < -0.39 is 0 Å². The number of hydrogen-bond donors (Lipinski definition) is 0. The summed E-state index contributed by atoms with van der Waals surface area (Å²) in [5.74, 6) is 0.997. The summed E-state index contributed by atoms with van der Waals surface area (Å²) in [6.45, 7) is 7.62. The molecule has 0 N–H and O–H groups in total. The van der Waals surface area contributed by atoms with Crippen LogP contribution in [0.1, 0.15) is 60.9 Å². The predicted octanol–water partition coefficient (Wildman–Crippen LogP) is 4.53. The molecule has 1 aliphatic heterocycles. The van der Waals surface area contributed by atoms with E-state index in [1.807, 2.05) is 23.1 Å². The van der Waals surface area contributed by atoms with Gasteiger partial charge in [-0.2, -0.15) is 0 Å². The standard InChI is InChI=1S/C25H34FN3O2/c1-2-27-14-16-28(17-15-27)25(30)24-13-12-22(31-24)19-29(21-9-4-3-5-10-21)18-20-8-6-7-11-23(20)26/h6-8,11-13,21H,2-5,9-10,14-19H2,1H3. The van der Waals surface area contributed by atoms with E-state index in [1.165, 1.54) is 25.3 Å². The third-order valence-electron chi connectivity index (χ3n) is 6.76. The molecule has 2 aromatic rings. The van der Waals surface area contributed by atoms with Crippen molar-refractivity contribution in [1.82, 2.24) is 14.7 Å². The molecule has 0 unspecified atom stereocenters. The first kappa shape index (κ1) is 22.0. The fourth-order valence-corrected chi connectivity index (χ4v) is 4.81. The lowest BCUT2D eigenvalue weighted by Gasteiger charge is -2.34. The van der Waals surface area contributed by atoms with Crippen LogP contribution in [0.2, 0.25) is 0 Å². The van der Waals surface area contributed by atoms with Crippen LogP contribution in [0.4, 0.5) is 4.39 Å². The fourth-order valence-electron chi connectivity index (χ4n) is 4.81. The van der Waals surface area contributed by atoms with E-state index in [0.29, 0.717) is 30.5 Å². The van der Waals surface area contributed by atoms with Crippen LogP contribution >= 0.6 is 0 Å². The van der Waals surface area contributed by atoms with Crippen molar-refractivity contribution in [1.29, 1.82) is 0 Å². The monoisotopic (exact) mass is 427 g/mol. The minimum atomic E-state index is -0.162. The average molecular weight is 428 g/mol. The fraction of sp³-hybridized carbons (Fsp3) is 0.560. The third-order valence-corrected chi connectivity index (χ3v) is 6.76. The Morgan fingerprint density at radius 3 is 2.48 bits per heavy atom. The van der Waals surface area contributed by atoms with Crippen molar-refractivity contribution in [3.63, 3.8) is 0 Å². The topological polar surface area (TPSA) is 39.9 Å². The van der Waals surface area contributed by atoms with E-state index in [0.717, 1.165) is 51.3 Å². The maximum absolute atomic E-state index is 14.3. The van der Waals surface area contributed by atoms with Crippen molar-refractivity contribution in [2.24, 2.45) is 0 Å². The number of furan rings is 1. The molecule has 0 spiro atoms. The SMILES string of the molecule is CCN1CCN(C(=O)c2ccc(CN(Cc3ccccc3F)C3CCCCC3)o2)CC1. The zero-order valence-corrected chi connectivity index (χ0v) is 18.6. The Labute approximate surface area is 184 Å². The molecule has 6 heteroatoms. The zero-order valence-electron chi connectivity index (χ0n) is 18.6. The number of nitrogens with zero attached hydrogens (tertiary/aromatic N) is 3. The lowest BCUT2D eigenvalue weighted by atomic mass is 9.93. The molecular weight excluding hydrogens is 393 g/mol. The number of rotatable bonds is 7. The molecule has 5 nitrogen and oxygen atoms in total. The largest absolute Gasteiger partial charge is 0.455 e. The van der Waals surface area contributed by atoms with Gasteiger partial charge in [-0.3, -0.25) is 9.69 Å². The molecule has 0 atom stereocenters. The Bertz CT molecular complexity index is 854. The van der Waals surface area contributed by atoms with Crippen LogP contribution in [-0.2, 0) is 13.1 Å². The molecule has 1 saturated heterocycles. The highest BCUT2D eigenvalue weighted by molar-refractivity contribution is 5.91. The smallest absolute Gasteiger partial charge is 0.289 e. The maximum Gasteiger partial charge on any atom is 0.289 e. The number of amides is 1. The summed E-state index contributed by atoms with van der Waals surface area (Å²) >= 11 is 0. The minimum Gasteiger partial charge on any atom is -0.455 e. The van der Waals surface area contributed by atoms with E-state index in [1.54, 1.807) is 12.1 Å². The molecule has 2 fully saturated rings. The average Bonchev–Trinajstić information content (AvgIpc) is 3.29. The van der Waals surface area contributed by atoms with Crippen LogP contribution in [0.15, 0.2) is 40.8 Å². The van der Waals surface area contributed by atoms with Crippen LogP contribution in [0.25, 0.3) is 0 Å². The molecule has 0 radical (unpaired) electrons. The molecule has 168 valence electrons. The predicted molar refractivity (Wildman–Crippen MR) is 119 cm³/mol. The first-order valence-electron chi connectivity index (χ1n) is 11.7. The lowest BCUT2D eigenvalue weighted by Crippen LogP contribution is -2.48. The molecule has 31 heavy (non-hydrogen) atoms. The number of carbonyl (C=O) groups excluding carboxylic acids is 1. The van der Waals surface area contributed by atoms with Crippen molar-refractivity contribution in [3.8, 4) is 0 Å². The van der Waals surface area contributed by atoms with E-state index >= 15 is 0 Å². The summed E-state index contributed by atoms with van der Waals surface area (Å²) in [5.41, 5.74) is 0.713. The van der Waals surface area contributed by atoms with Gasteiger partial charge in [0, 0.05) is 44.3 Å². The van der Waals surface area contributed by atoms with E-state index in [-0.39, 0.29) is 11.7 Å². The van der Waals surface area contributed by atoms with Crippen LogP contribution in [-0.4, -0.2) is 59.4 Å². The second kappa shape index (κ2) is 10.4. The Morgan fingerprint density at radius 1 is 1.03 bits per heavy atom. The van der Waals surface area contributed by atoms with Crippen LogP contribution in [0.3, 0.4) is 0 Å². The van der Waals surface area contributed by atoms with Crippen molar-refractivity contribution in [2.45, 2.75) is 58.2 Å². The normalized spacial score (nSPS) is 18.6. The number of carbonyl (C=O) groups is 1. The Hall–Kier alpha value is -2.18. The quantitative estimate of drug-likeness (QED) is 0.651. The van der Waals surface area contributed by atoms with E-state index in [4.69, 9.17) is 4.42 Å². The molecule has 1 aromatic heterocycles. The number of piperazine rings is 1. The second-order valence-electron chi connectivity index (χ2n) is 8.78. The number of halogens is 1. The van der Waals surface area contributed by atoms with Gasteiger partial charge in [0.2, 0.25) is 0 Å². The zero-order chi connectivity index (χ0) is 21.6. The van der Waals surface area contributed by atoms with Crippen molar-refractivity contribution in [2.75, 3.05) is 32.7 Å². The summed E-state index contributed by atoms with van der Waals surface area (Å²) in [4.78, 5) is 19.4. The Kier molecular flexibility index (Phi) is 7.41. The molecule has 2 aliphatic rings. The molecule has 0 bridgehead atoms. The Balaban J connectivity index is 1.44. The number of benzene rings is 1. The first-order valence-corrected chi connectivity index (χ1v) is 11.7. The van der Waals surface area contributed by atoms with E-state index in [9.17, 15) is 9.18 Å². The molecule has 1 aliphatic carbocycles. The summed E-state index contributed by atoms with van der Waals surface area (Å²) in [6.07, 6.45) is 5.95. The van der Waals surface area contributed by atoms with Gasteiger partial charge in [0.05, 0.1) is 6.54 Å². The lowest BCUT2D eigenvalue weighted by molar-refractivity contribution is 0.0606. The summed E-state index contributed by atoms with van der Waals surface area (Å²) < 4.78 is 20.3. The van der Waals surface area contributed by atoms with Crippen molar-refractivity contribution < 1.29 is 13.6 Å². The first-order chi connectivity index (χ1) is 15.1. The third kappa shape index (κ3) is 5.55. The molecule has 1 aromatic carbocycles. The number of likely N-dealkylation sites (N-methyl/N-ethyl adjacent to an activating group) is 1. The van der Waals surface area contributed by atoms with Gasteiger partial charge in [-0.15, -0.1) is 0 Å². The van der Waals surface area contributed by atoms with Gasteiger partial charge >= 0.3 is 0 Å². The summed E-state index contributed by atoms with van der Waals surface area (Å²) in [7, 11) is 0. The molecular formula is C25H34FN3O2. The molecule has 4 rings (SSSR count). The molecule has 2 heterocycles. The van der Waals surface area contributed by atoms with Gasteiger partial charge in [-0.1, -0.05) is 44.4 Å². The van der Waals surface area contributed by atoms with Crippen molar-refractivity contribution in [3.05, 3.63) is 59.3 Å². The highest BCUT2D eigenvalue weighted by atomic mass is 19.1. The van der Waals surface area contributed by atoms with E-state index in [2.05, 4.69) is 16.7 Å². The van der Waals surface area contributed by atoms with Gasteiger partial charge in [-0.25, -0.2) is 4.39 Å². The minimum absolute atomic E-state index is 0.0275. The van der Waals surface area contributed by atoms with Gasteiger partial charge < -0.3 is 14.2 Å². The molecule has 1 saturated carbocycles. The molecule has 1 amide bonds. The van der Waals surface area contributed by atoms with Gasteiger partial charge in [0.15, 0.2) is 5.76 Å². The van der Waals surface area contributed by atoms with Crippen molar-refractivity contribution >= 4 is 5.91 Å². The highest BCUT2D eigenvalue weighted by Crippen LogP contribution is 2.27. The number of hydrogen-bond acceptors (Lipinski definition) is 4. The summed E-state index contributed by atoms with van der Waals surface area (Å²) in [5, 5.41) is 0. The van der Waals surface area contributed by atoms with Gasteiger partial charge in [-0.05, 0) is 37.6 Å². The van der Waals surface area contributed by atoms with Gasteiger partial charge in [0.25, 0.3) is 5.91 Å². The Morgan fingerprint density at radius 2 is 1.77 bits per heavy atom. The maximum atomic E-state index is 14.3. The van der Waals surface area contributed by atoms with Gasteiger partial charge in [0.1, 0.15) is 11.6 Å². The van der Waals surface area contributed by atoms with Crippen LogP contribution < -0.4 is 0 Å².